The summed E-state index contributed by atoms with van der Waals surface area (Å²) in [5.41, 5.74) is 7.80. The van der Waals surface area contributed by atoms with Crippen LogP contribution in [0.1, 0.15) is 25.3 Å². The molecule has 0 saturated heterocycles. The molecule has 0 aliphatic heterocycles. The van der Waals surface area contributed by atoms with Gasteiger partial charge in [0.2, 0.25) is 0 Å². The van der Waals surface area contributed by atoms with Gasteiger partial charge in [0.25, 0.3) is 0 Å². The zero-order valence-corrected chi connectivity index (χ0v) is 26.0. The number of hydrogen-bond acceptors (Lipinski definition) is 3. The molecule has 0 spiro atoms. The Morgan fingerprint density at radius 2 is 1.42 bits per heavy atom. The third-order valence-electron chi connectivity index (χ3n) is 6.12. The van der Waals surface area contributed by atoms with Gasteiger partial charge in [-0.1, -0.05) is 81.5 Å². The molecule has 5 heteroatoms. The van der Waals surface area contributed by atoms with E-state index in [0.717, 1.165) is 22.5 Å². The van der Waals surface area contributed by atoms with Crippen LogP contribution < -0.4 is 5.19 Å². The van der Waals surface area contributed by atoms with E-state index in [2.05, 4.69) is 91.0 Å². The second-order valence-electron chi connectivity index (χ2n) is 10.3. The van der Waals surface area contributed by atoms with E-state index in [1.165, 1.54) is 21.9 Å². The second kappa shape index (κ2) is 13.5. The van der Waals surface area contributed by atoms with Crippen molar-refractivity contribution in [3.63, 3.8) is 0 Å². The van der Waals surface area contributed by atoms with Crippen molar-refractivity contribution in [2.75, 3.05) is 0 Å². The van der Waals surface area contributed by atoms with Crippen molar-refractivity contribution in [1.82, 2.24) is 15.0 Å². The van der Waals surface area contributed by atoms with Gasteiger partial charge < -0.3 is 9.97 Å². The summed E-state index contributed by atoms with van der Waals surface area (Å²) in [6, 6.07) is 32.9. The molecule has 0 N–H and O–H groups in total. The molecule has 0 bridgehead atoms. The molecule has 38 heavy (non-hydrogen) atoms. The van der Waals surface area contributed by atoms with E-state index in [4.69, 9.17) is 0 Å². The summed E-state index contributed by atoms with van der Waals surface area (Å²) < 4.78 is 0. The fourth-order valence-corrected chi connectivity index (χ4v) is 5.82. The van der Waals surface area contributed by atoms with Gasteiger partial charge in [-0.15, -0.1) is 42.0 Å². The van der Waals surface area contributed by atoms with Crippen LogP contribution in [-0.4, -0.2) is 23.0 Å². The molecule has 0 atom stereocenters. The Bertz CT molecular complexity index is 1360. The Labute approximate surface area is 241 Å². The molecule has 3 heterocycles. The van der Waals surface area contributed by atoms with Crippen LogP contribution >= 0.6 is 0 Å². The van der Waals surface area contributed by atoms with E-state index >= 15 is 0 Å². The van der Waals surface area contributed by atoms with Crippen LogP contribution in [0.5, 0.6) is 0 Å². The van der Waals surface area contributed by atoms with Crippen LogP contribution in [0.15, 0.2) is 104 Å². The summed E-state index contributed by atoms with van der Waals surface area (Å²) in [6.45, 7) is 11.6. The van der Waals surface area contributed by atoms with Crippen LogP contribution in [0.2, 0.25) is 19.6 Å². The summed E-state index contributed by atoms with van der Waals surface area (Å²) in [7, 11) is -1.35. The van der Waals surface area contributed by atoms with Gasteiger partial charge >= 0.3 is 0 Å². The monoisotopic (exact) mass is 692 g/mol. The van der Waals surface area contributed by atoms with Gasteiger partial charge in [0.1, 0.15) is 0 Å². The number of hydrogen-bond donors (Lipinski definition) is 0. The van der Waals surface area contributed by atoms with Gasteiger partial charge in [0.05, 0.1) is 8.07 Å². The van der Waals surface area contributed by atoms with Gasteiger partial charge in [-0.2, -0.15) is 11.6 Å². The molecule has 0 aliphatic rings. The average molecular weight is 692 g/mol. The van der Waals surface area contributed by atoms with E-state index in [1.807, 2.05) is 60.8 Å². The van der Waals surface area contributed by atoms with Crippen molar-refractivity contribution in [3.8, 4) is 33.6 Å². The number of pyridine rings is 3. The molecule has 3 nitrogen and oxygen atoms in total. The first-order valence-corrected chi connectivity index (χ1v) is 16.1. The summed E-state index contributed by atoms with van der Waals surface area (Å²) in [5.74, 6) is 0.519. The average Bonchev–Trinajstić information content (AvgIpc) is 2.94. The zero-order valence-electron chi connectivity index (χ0n) is 22.6. The summed E-state index contributed by atoms with van der Waals surface area (Å²) >= 11 is 0. The molecule has 0 saturated carbocycles. The van der Waals surface area contributed by atoms with Crippen LogP contribution in [0, 0.1) is 12.1 Å². The van der Waals surface area contributed by atoms with Crippen molar-refractivity contribution in [2.24, 2.45) is 0 Å². The molecule has 5 rings (SSSR count). The molecule has 5 aromatic rings. The van der Waals surface area contributed by atoms with E-state index in [1.54, 1.807) is 12.4 Å². The molecule has 0 aliphatic carbocycles. The fourth-order valence-electron chi connectivity index (χ4n) is 4.14. The summed E-state index contributed by atoms with van der Waals surface area (Å²) in [5, 5.41) is 1.46. The smallest absolute Gasteiger partial charge is 0.0798 e. The topological polar surface area (TPSA) is 38.7 Å². The Morgan fingerprint density at radius 1 is 0.711 bits per heavy atom. The van der Waals surface area contributed by atoms with Crippen LogP contribution in [0.25, 0.3) is 33.6 Å². The van der Waals surface area contributed by atoms with E-state index in [0.29, 0.717) is 5.92 Å². The minimum absolute atomic E-state index is 0. The first-order chi connectivity index (χ1) is 17.8. The molecular weight excluding hydrogens is 659 g/mol. The maximum atomic E-state index is 4.63. The van der Waals surface area contributed by atoms with Crippen LogP contribution in [-0.2, 0) is 20.1 Å². The standard InChI is InChI=1S/C17H12N.C16H21N2Si.Ir/c1-3-7-14(8-4-1)16-11-12-18-17(13-16)15-9-5-2-6-10-15;1-12(2)14-10-15(13-6-8-17-9-7-13)18-11-16(14)19(3,4)5;/h1-9,11-13H;6,8-12H,1-5H3;/q2*-1;. The predicted molar refractivity (Wildman–Crippen MR) is 157 cm³/mol. The number of nitrogens with zero attached hydrogens (tertiary/aromatic N) is 3. The zero-order chi connectivity index (χ0) is 26.3. The van der Waals surface area contributed by atoms with Crippen molar-refractivity contribution in [3.05, 3.63) is 121 Å². The largest absolute Gasteiger partial charge is 0.321 e. The molecule has 0 amide bonds. The van der Waals surface area contributed by atoms with Crippen LogP contribution in [0.4, 0.5) is 0 Å². The van der Waals surface area contributed by atoms with Crippen molar-refractivity contribution in [1.29, 1.82) is 0 Å². The van der Waals surface area contributed by atoms with Crippen molar-refractivity contribution in [2.45, 2.75) is 39.4 Å². The first-order valence-electron chi connectivity index (χ1n) is 12.6. The van der Waals surface area contributed by atoms with E-state index < -0.39 is 8.07 Å². The molecule has 195 valence electrons. The molecule has 0 fully saturated rings. The Morgan fingerprint density at radius 3 is 2.05 bits per heavy atom. The fraction of sp³-hybridized carbons (Fsp3) is 0.182. The Kier molecular flexibility index (Phi) is 10.4. The van der Waals surface area contributed by atoms with E-state index in [9.17, 15) is 0 Å². The predicted octanol–water partition coefficient (Wildman–Crippen LogP) is 7.83. The number of benzene rings is 2. The summed E-state index contributed by atoms with van der Waals surface area (Å²) in [6.07, 6.45) is 7.40. The van der Waals surface area contributed by atoms with Gasteiger partial charge in [0, 0.05) is 32.5 Å². The number of rotatable bonds is 5. The SMILES string of the molecule is CC(C)c1cc(-c2[c-]cncc2)ncc1[Si](C)(C)C.[Ir].[c-]1ccccc1-c1cc(-c2ccccc2)ccn1. The first kappa shape index (κ1) is 29.3. The van der Waals surface area contributed by atoms with Crippen molar-refractivity contribution < 1.29 is 20.1 Å². The molecular formula is C33H33IrN3Si-2. The van der Waals surface area contributed by atoms with Gasteiger partial charge in [-0.3, -0.25) is 4.98 Å². The molecule has 3 aromatic heterocycles. The minimum Gasteiger partial charge on any atom is -0.321 e. The summed E-state index contributed by atoms with van der Waals surface area (Å²) in [4.78, 5) is 13.0. The molecule has 0 unspecified atom stereocenters. The van der Waals surface area contributed by atoms with Gasteiger partial charge in [-0.05, 0) is 52.1 Å². The normalized spacial score (nSPS) is 10.8. The Balaban J connectivity index is 0.000000205. The quantitative estimate of drug-likeness (QED) is 0.139. The van der Waals surface area contributed by atoms with E-state index in [-0.39, 0.29) is 20.1 Å². The van der Waals surface area contributed by atoms with Gasteiger partial charge in [0.15, 0.2) is 0 Å². The van der Waals surface area contributed by atoms with Gasteiger partial charge in [-0.25, -0.2) is 0 Å². The number of aromatic nitrogens is 3. The molecule has 2 aromatic carbocycles. The van der Waals surface area contributed by atoms with Crippen LogP contribution in [0.3, 0.4) is 0 Å². The minimum atomic E-state index is -1.35. The van der Waals surface area contributed by atoms with Crippen molar-refractivity contribution >= 4 is 13.3 Å². The maximum absolute atomic E-state index is 4.63. The third kappa shape index (κ3) is 7.64. The molecule has 1 radical (unpaired) electrons. The third-order valence-corrected chi connectivity index (χ3v) is 8.15. The second-order valence-corrected chi connectivity index (χ2v) is 15.3. The Hall–Kier alpha value is -3.24. The maximum Gasteiger partial charge on any atom is 0.0798 e.